The topological polar surface area (TPSA) is 46.3 Å². The number of nitrogens with zero attached hydrogens (tertiary/aromatic N) is 2. The zero-order valence-corrected chi connectivity index (χ0v) is 15.2. The molecule has 0 atom stereocenters. The number of rotatable bonds is 5. The molecular weight excluding hydrogens is 395 g/mol. The molecule has 0 aliphatic rings. The Kier molecular flexibility index (Phi) is 5.11. The van der Waals surface area contributed by atoms with E-state index in [4.69, 9.17) is 4.42 Å². The Bertz CT molecular complexity index is 848. The fraction of sp³-hybridized carbons (Fsp3) is 0.176. The molecular formula is C17H14BrFN2O2S. The predicted molar refractivity (Wildman–Crippen MR) is 94.3 cm³/mol. The quantitative estimate of drug-likeness (QED) is 0.598. The maximum absolute atomic E-state index is 13.9. The van der Waals surface area contributed by atoms with E-state index >= 15 is 0 Å². The van der Waals surface area contributed by atoms with Gasteiger partial charge in [0.25, 0.3) is 5.91 Å². The summed E-state index contributed by atoms with van der Waals surface area (Å²) in [7, 11) is 0. The number of amides is 1. The number of halogens is 2. The van der Waals surface area contributed by atoms with Crippen molar-refractivity contribution in [3.63, 3.8) is 0 Å². The van der Waals surface area contributed by atoms with Crippen molar-refractivity contribution in [2.45, 2.75) is 13.5 Å². The van der Waals surface area contributed by atoms with Crippen LogP contribution in [-0.4, -0.2) is 22.3 Å². The van der Waals surface area contributed by atoms with E-state index in [0.29, 0.717) is 28.6 Å². The van der Waals surface area contributed by atoms with Crippen LogP contribution in [0.4, 0.5) is 4.39 Å². The van der Waals surface area contributed by atoms with E-state index in [1.54, 1.807) is 40.8 Å². The van der Waals surface area contributed by atoms with Gasteiger partial charge in [0, 0.05) is 28.5 Å². The van der Waals surface area contributed by atoms with Crippen molar-refractivity contribution in [1.82, 2.24) is 9.88 Å². The van der Waals surface area contributed by atoms with Crippen LogP contribution in [0.3, 0.4) is 0 Å². The van der Waals surface area contributed by atoms with Crippen LogP contribution in [-0.2, 0) is 6.54 Å². The number of aromatic nitrogens is 1. The van der Waals surface area contributed by atoms with Crippen LogP contribution in [0.2, 0.25) is 0 Å². The lowest BCUT2D eigenvalue weighted by Gasteiger charge is -2.20. The highest BCUT2D eigenvalue weighted by molar-refractivity contribution is 9.10. The van der Waals surface area contributed by atoms with Crippen molar-refractivity contribution in [3.05, 3.63) is 63.5 Å². The van der Waals surface area contributed by atoms with Crippen molar-refractivity contribution in [3.8, 4) is 10.8 Å². The Balaban J connectivity index is 1.80. The van der Waals surface area contributed by atoms with E-state index in [1.807, 2.05) is 6.92 Å². The number of thiazole rings is 1. The van der Waals surface area contributed by atoms with Gasteiger partial charge in [-0.2, -0.15) is 0 Å². The highest BCUT2D eigenvalue weighted by Crippen LogP contribution is 2.25. The van der Waals surface area contributed by atoms with Crippen LogP contribution in [0.15, 0.2) is 50.9 Å². The zero-order valence-electron chi connectivity index (χ0n) is 12.8. The molecule has 3 aromatic rings. The second-order valence-electron chi connectivity index (χ2n) is 5.07. The molecule has 0 fully saturated rings. The Morgan fingerprint density at radius 1 is 1.42 bits per heavy atom. The lowest BCUT2D eigenvalue weighted by atomic mass is 10.2. The molecule has 1 aromatic carbocycles. The van der Waals surface area contributed by atoms with E-state index in [9.17, 15) is 9.18 Å². The van der Waals surface area contributed by atoms with E-state index in [0.717, 1.165) is 4.47 Å². The molecule has 3 rings (SSSR count). The van der Waals surface area contributed by atoms with Crippen molar-refractivity contribution in [2.24, 2.45) is 0 Å². The van der Waals surface area contributed by atoms with Gasteiger partial charge in [0.2, 0.25) is 0 Å². The predicted octanol–water partition coefficient (Wildman–Crippen LogP) is 4.97. The second-order valence-corrected chi connectivity index (χ2v) is 6.84. The van der Waals surface area contributed by atoms with Crippen molar-refractivity contribution in [2.75, 3.05) is 6.54 Å². The van der Waals surface area contributed by atoms with Gasteiger partial charge in [-0.25, -0.2) is 9.37 Å². The van der Waals surface area contributed by atoms with Gasteiger partial charge in [0.15, 0.2) is 10.8 Å². The normalized spacial score (nSPS) is 10.8. The molecule has 7 heteroatoms. The summed E-state index contributed by atoms with van der Waals surface area (Å²) in [5, 5.41) is 2.34. The first kappa shape index (κ1) is 16.9. The van der Waals surface area contributed by atoms with Gasteiger partial charge in [-0.3, -0.25) is 4.79 Å². The summed E-state index contributed by atoms with van der Waals surface area (Å²) in [6, 6.07) is 8.26. The Morgan fingerprint density at radius 3 is 2.96 bits per heavy atom. The van der Waals surface area contributed by atoms with Crippen molar-refractivity contribution >= 4 is 33.2 Å². The average molecular weight is 409 g/mol. The third-order valence-corrected chi connectivity index (χ3v) is 4.84. The number of carbonyl (C=O) groups is 1. The largest absolute Gasteiger partial charge is 0.462 e. The minimum absolute atomic E-state index is 0.189. The third-order valence-electron chi connectivity index (χ3n) is 3.49. The summed E-state index contributed by atoms with van der Waals surface area (Å²) in [5.74, 6) is 0.0602. The van der Waals surface area contributed by atoms with Crippen LogP contribution in [0, 0.1) is 5.82 Å². The molecule has 2 aromatic heterocycles. The van der Waals surface area contributed by atoms with Crippen molar-refractivity contribution in [1.29, 1.82) is 0 Å². The average Bonchev–Trinajstić information content (AvgIpc) is 3.25. The molecule has 0 N–H and O–H groups in total. The number of hydrogen-bond donors (Lipinski definition) is 0. The lowest BCUT2D eigenvalue weighted by molar-refractivity contribution is 0.0746. The van der Waals surface area contributed by atoms with Crippen molar-refractivity contribution < 1.29 is 13.6 Å². The molecule has 4 nitrogen and oxygen atoms in total. The zero-order chi connectivity index (χ0) is 17.1. The number of hydrogen-bond acceptors (Lipinski definition) is 4. The van der Waals surface area contributed by atoms with Crippen LogP contribution < -0.4 is 0 Å². The second kappa shape index (κ2) is 7.27. The SMILES string of the molecule is CCN(Cc1cc(Br)ccc1F)C(=O)c1csc(-c2ccco2)n1. The van der Waals surface area contributed by atoms with E-state index in [2.05, 4.69) is 20.9 Å². The third kappa shape index (κ3) is 3.57. The summed E-state index contributed by atoms with van der Waals surface area (Å²) < 4.78 is 20.0. The van der Waals surface area contributed by atoms with E-state index < -0.39 is 0 Å². The maximum atomic E-state index is 13.9. The molecule has 24 heavy (non-hydrogen) atoms. The summed E-state index contributed by atoms with van der Waals surface area (Å²) >= 11 is 4.67. The number of furan rings is 1. The standard InChI is InChI=1S/C17H14BrFN2O2S/c1-2-21(9-11-8-12(18)5-6-13(11)19)17(22)14-10-24-16(20-14)15-4-3-7-23-15/h3-8,10H,2,9H2,1H3. The molecule has 0 saturated heterocycles. The Hall–Kier alpha value is -1.99. The van der Waals surface area contributed by atoms with Gasteiger partial charge in [0.05, 0.1) is 6.26 Å². The Labute approximate surface area is 151 Å². The maximum Gasteiger partial charge on any atom is 0.273 e. The highest BCUT2D eigenvalue weighted by atomic mass is 79.9. The molecule has 0 aliphatic carbocycles. The van der Waals surface area contributed by atoms with Crippen LogP contribution in [0.5, 0.6) is 0 Å². The molecule has 124 valence electrons. The molecule has 0 unspecified atom stereocenters. The first-order chi connectivity index (χ1) is 11.6. The summed E-state index contributed by atoms with van der Waals surface area (Å²) in [6.07, 6.45) is 1.56. The van der Waals surface area contributed by atoms with Crippen LogP contribution >= 0.6 is 27.3 Å². The molecule has 0 radical (unpaired) electrons. The molecule has 0 aliphatic heterocycles. The monoisotopic (exact) mass is 408 g/mol. The Morgan fingerprint density at radius 2 is 2.25 bits per heavy atom. The van der Waals surface area contributed by atoms with E-state index in [-0.39, 0.29) is 18.3 Å². The lowest BCUT2D eigenvalue weighted by Crippen LogP contribution is -2.30. The number of benzene rings is 1. The molecule has 0 saturated carbocycles. The summed E-state index contributed by atoms with van der Waals surface area (Å²) in [5.41, 5.74) is 0.796. The number of carbonyl (C=O) groups excluding carboxylic acids is 1. The fourth-order valence-electron chi connectivity index (χ4n) is 2.24. The summed E-state index contributed by atoms with van der Waals surface area (Å²) in [6.45, 7) is 2.50. The minimum atomic E-state index is -0.334. The first-order valence-electron chi connectivity index (χ1n) is 7.31. The highest BCUT2D eigenvalue weighted by Gasteiger charge is 2.20. The molecule has 0 spiro atoms. The fourth-order valence-corrected chi connectivity index (χ4v) is 3.41. The minimum Gasteiger partial charge on any atom is -0.462 e. The van der Waals surface area contributed by atoms with Gasteiger partial charge in [0.1, 0.15) is 11.5 Å². The van der Waals surface area contributed by atoms with Gasteiger partial charge in [-0.15, -0.1) is 11.3 Å². The van der Waals surface area contributed by atoms with Gasteiger partial charge in [-0.1, -0.05) is 15.9 Å². The van der Waals surface area contributed by atoms with Crippen LogP contribution in [0.1, 0.15) is 23.0 Å². The van der Waals surface area contributed by atoms with E-state index in [1.165, 1.54) is 17.4 Å². The smallest absolute Gasteiger partial charge is 0.273 e. The molecule has 0 bridgehead atoms. The van der Waals surface area contributed by atoms with Gasteiger partial charge >= 0.3 is 0 Å². The van der Waals surface area contributed by atoms with Crippen LogP contribution in [0.25, 0.3) is 10.8 Å². The molecule has 1 amide bonds. The summed E-state index contributed by atoms with van der Waals surface area (Å²) in [4.78, 5) is 18.6. The van der Waals surface area contributed by atoms with Gasteiger partial charge < -0.3 is 9.32 Å². The first-order valence-corrected chi connectivity index (χ1v) is 8.98. The van der Waals surface area contributed by atoms with Gasteiger partial charge in [-0.05, 0) is 37.3 Å². The molecule has 2 heterocycles.